The number of H-pyrrole nitrogens is 1. The third-order valence-electron chi connectivity index (χ3n) is 6.55. The Morgan fingerprint density at radius 2 is 2.07 bits per heavy atom. The van der Waals surface area contributed by atoms with Gasteiger partial charge < -0.3 is 15.2 Å². The van der Waals surface area contributed by atoms with E-state index < -0.39 is 0 Å². The second kappa shape index (κ2) is 6.51. The molecule has 1 aliphatic carbocycles. The van der Waals surface area contributed by atoms with Gasteiger partial charge in [-0.2, -0.15) is 10.1 Å². The molecule has 5 heterocycles. The molecule has 9 heteroatoms. The van der Waals surface area contributed by atoms with Gasteiger partial charge in [0.25, 0.3) is 0 Å². The molecule has 30 heavy (non-hydrogen) atoms. The van der Waals surface area contributed by atoms with Crippen molar-refractivity contribution in [2.45, 2.75) is 25.8 Å². The molecular formula is C21H22N8O. The molecule has 0 unspecified atom stereocenters. The van der Waals surface area contributed by atoms with E-state index in [1.54, 1.807) is 17.8 Å². The molecule has 1 saturated heterocycles. The number of nitrogens with one attached hydrogen (secondary N) is 2. The molecule has 2 N–H and O–H groups in total. The maximum atomic E-state index is 11.6. The van der Waals surface area contributed by atoms with Gasteiger partial charge in [0.2, 0.25) is 11.9 Å². The van der Waals surface area contributed by atoms with Crippen LogP contribution in [-0.2, 0) is 4.79 Å². The molecule has 0 bridgehead atoms. The lowest BCUT2D eigenvalue weighted by Gasteiger charge is -2.18. The molecule has 1 amide bonds. The first-order valence-corrected chi connectivity index (χ1v) is 10.3. The number of nitrogens with zero attached hydrogens (tertiary/aromatic N) is 6. The Kier molecular flexibility index (Phi) is 3.77. The van der Waals surface area contributed by atoms with Crippen LogP contribution in [-0.4, -0.2) is 59.5 Å². The van der Waals surface area contributed by atoms with E-state index in [9.17, 15) is 4.79 Å². The van der Waals surface area contributed by atoms with Crippen molar-refractivity contribution in [2.75, 3.05) is 18.4 Å². The molecule has 0 aromatic carbocycles. The first-order valence-electron chi connectivity index (χ1n) is 10.3. The molecule has 2 fully saturated rings. The predicted octanol–water partition coefficient (Wildman–Crippen LogP) is 2.34. The summed E-state index contributed by atoms with van der Waals surface area (Å²) in [5, 5.41) is 8.63. The number of pyridine rings is 1. The number of fused-ring (bicyclic) bond motifs is 3. The molecule has 6 rings (SSSR count). The van der Waals surface area contributed by atoms with Gasteiger partial charge >= 0.3 is 0 Å². The van der Waals surface area contributed by atoms with Crippen LogP contribution < -0.4 is 5.32 Å². The first kappa shape index (κ1) is 17.4. The van der Waals surface area contributed by atoms with Gasteiger partial charge in [-0.25, -0.2) is 14.5 Å². The quantitative estimate of drug-likeness (QED) is 0.545. The second-order valence-corrected chi connectivity index (χ2v) is 8.39. The highest BCUT2D eigenvalue weighted by Crippen LogP contribution is 2.39. The Labute approximate surface area is 172 Å². The second-order valence-electron chi connectivity index (χ2n) is 8.39. The van der Waals surface area contributed by atoms with E-state index in [0.717, 1.165) is 53.7 Å². The summed E-state index contributed by atoms with van der Waals surface area (Å²) in [7, 11) is 0. The van der Waals surface area contributed by atoms with E-state index >= 15 is 0 Å². The summed E-state index contributed by atoms with van der Waals surface area (Å²) < 4.78 is 1.74. The molecule has 0 radical (unpaired) electrons. The van der Waals surface area contributed by atoms with Crippen LogP contribution in [0.25, 0.3) is 27.8 Å². The first-order chi connectivity index (χ1) is 14.6. The smallest absolute Gasteiger partial charge is 0.224 e. The van der Waals surface area contributed by atoms with Crippen molar-refractivity contribution >= 4 is 28.5 Å². The van der Waals surface area contributed by atoms with E-state index in [0.29, 0.717) is 23.8 Å². The molecule has 4 aromatic heterocycles. The number of likely N-dealkylation sites (tertiary alicyclic amines) is 1. The SMILES string of the molecule is CC(=O)N1C[C@H]2C[C@@H](Nc3ncc4c(-c5ccn6ncnc6c5)c[nH]c4n3)C[C@H]2C1. The van der Waals surface area contributed by atoms with E-state index in [4.69, 9.17) is 4.98 Å². The Morgan fingerprint density at radius 3 is 2.87 bits per heavy atom. The molecule has 2 aliphatic rings. The Hall–Kier alpha value is -3.49. The average molecular weight is 402 g/mol. The maximum Gasteiger partial charge on any atom is 0.224 e. The highest BCUT2D eigenvalue weighted by Gasteiger charge is 2.41. The van der Waals surface area contributed by atoms with Crippen LogP contribution in [0.5, 0.6) is 0 Å². The van der Waals surface area contributed by atoms with E-state index in [1.807, 2.05) is 35.6 Å². The zero-order valence-corrected chi connectivity index (χ0v) is 16.6. The van der Waals surface area contributed by atoms with Crippen LogP contribution in [0.4, 0.5) is 5.95 Å². The van der Waals surface area contributed by atoms with Crippen LogP contribution in [0.1, 0.15) is 19.8 Å². The zero-order chi connectivity index (χ0) is 20.2. The van der Waals surface area contributed by atoms with Gasteiger partial charge in [0.15, 0.2) is 5.65 Å². The number of carbonyl (C=O) groups is 1. The van der Waals surface area contributed by atoms with Gasteiger partial charge in [0, 0.05) is 55.6 Å². The zero-order valence-electron chi connectivity index (χ0n) is 16.6. The van der Waals surface area contributed by atoms with Crippen LogP contribution in [0.15, 0.2) is 37.1 Å². The summed E-state index contributed by atoms with van der Waals surface area (Å²) in [5.41, 5.74) is 3.70. The van der Waals surface area contributed by atoms with E-state index in [1.165, 1.54) is 0 Å². The number of rotatable bonds is 3. The summed E-state index contributed by atoms with van der Waals surface area (Å²) in [4.78, 5) is 30.4. The van der Waals surface area contributed by atoms with E-state index in [-0.39, 0.29) is 5.91 Å². The Morgan fingerprint density at radius 1 is 1.23 bits per heavy atom. The van der Waals surface area contributed by atoms with Gasteiger partial charge in [-0.05, 0) is 42.4 Å². The summed E-state index contributed by atoms with van der Waals surface area (Å²) in [6.07, 6.45) is 9.40. The molecule has 152 valence electrons. The lowest BCUT2D eigenvalue weighted by molar-refractivity contribution is -0.128. The third kappa shape index (κ3) is 2.80. The molecular weight excluding hydrogens is 380 g/mol. The number of hydrogen-bond donors (Lipinski definition) is 2. The fraction of sp³-hybridized carbons (Fsp3) is 0.381. The van der Waals surface area contributed by atoms with Crippen molar-refractivity contribution in [1.29, 1.82) is 0 Å². The number of aromatic amines is 1. The summed E-state index contributed by atoms with van der Waals surface area (Å²) in [6, 6.07) is 4.37. The minimum atomic E-state index is 0.188. The summed E-state index contributed by atoms with van der Waals surface area (Å²) >= 11 is 0. The van der Waals surface area contributed by atoms with Crippen LogP contribution in [0.3, 0.4) is 0 Å². The van der Waals surface area contributed by atoms with E-state index in [2.05, 4.69) is 25.4 Å². The number of anilines is 1. The molecule has 3 atom stereocenters. The monoisotopic (exact) mass is 402 g/mol. The van der Waals surface area contributed by atoms with Crippen LogP contribution >= 0.6 is 0 Å². The van der Waals surface area contributed by atoms with Gasteiger partial charge in [-0.3, -0.25) is 4.79 Å². The topological polar surface area (TPSA) is 104 Å². The fourth-order valence-corrected chi connectivity index (χ4v) is 5.06. The highest BCUT2D eigenvalue weighted by atomic mass is 16.2. The van der Waals surface area contributed by atoms with Crippen LogP contribution in [0, 0.1) is 11.8 Å². The normalized spacial score (nSPS) is 23.4. The van der Waals surface area contributed by atoms with Crippen molar-refractivity contribution in [3.63, 3.8) is 0 Å². The minimum Gasteiger partial charge on any atom is -0.351 e. The number of aromatic nitrogens is 6. The lowest BCUT2D eigenvalue weighted by atomic mass is 10.0. The fourth-order valence-electron chi connectivity index (χ4n) is 5.06. The van der Waals surface area contributed by atoms with Crippen molar-refractivity contribution < 1.29 is 4.79 Å². The lowest BCUT2D eigenvalue weighted by Crippen LogP contribution is -2.29. The molecule has 4 aromatic rings. The number of hydrogen-bond acceptors (Lipinski definition) is 6. The Balaban J connectivity index is 1.21. The predicted molar refractivity (Wildman–Crippen MR) is 112 cm³/mol. The molecule has 1 aliphatic heterocycles. The molecule has 9 nitrogen and oxygen atoms in total. The van der Waals surface area contributed by atoms with Crippen molar-refractivity contribution in [3.05, 3.63) is 37.1 Å². The summed E-state index contributed by atoms with van der Waals surface area (Å²) in [6.45, 7) is 3.43. The summed E-state index contributed by atoms with van der Waals surface area (Å²) in [5.74, 6) is 2.00. The van der Waals surface area contributed by atoms with Gasteiger partial charge in [-0.15, -0.1) is 0 Å². The number of carbonyl (C=O) groups excluding carboxylic acids is 1. The third-order valence-corrected chi connectivity index (χ3v) is 6.55. The number of amides is 1. The van der Waals surface area contributed by atoms with Crippen molar-refractivity contribution in [1.82, 2.24) is 34.4 Å². The molecule has 1 saturated carbocycles. The van der Waals surface area contributed by atoms with Crippen LogP contribution in [0.2, 0.25) is 0 Å². The van der Waals surface area contributed by atoms with Crippen molar-refractivity contribution in [2.24, 2.45) is 11.8 Å². The highest BCUT2D eigenvalue weighted by molar-refractivity contribution is 5.93. The van der Waals surface area contributed by atoms with Gasteiger partial charge in [0.05, 0.1) is 0 Å². The standard InChI is InChI=1S/C21H22N8O/c1-12(30)28-9-14-4-16(5-15(14)10-28)26-21-23-8-18-17(7-22-20(18)27-21)13-2-3-29-19(6-13)24-11-25-29/h2-3,6-8,11,14-16H,4-5,9-10H2,1H3,(H2,22,23,26,27)/t14-,15+,16-. The maximum absolute atomic E-state index is 11.6. The average Bonchev–Trinajstić information content (AvgIpc) is 3.49. The van der Waals surface area contributed by atoms with Gasteiger partial charge in [0.1, 0.15) is 12.0 Å². The Bertz CT molecular complexity index is 1250. The largest absolute Gasteiger partial charge is 0.351 e. The molecule has 0 spiro atoms. The minimum absolute atomic E-state index is 0.188. The van der Waals surface area contributed by atoms with Gasteiger partial charge in [-0.1, -0.05) is 0 Å². The van der Waals surface area contributed by atoms with Crippen molar-refractivity contribution in [3.8, 4) is 11.1 Å².